The van der Waals surface area contributed by atoms with Gasteiger partial charge in [-0.25, -0.2) is 0 Å². The Morgan fingerprint density at radius 3 is 2.21 bits per heavy atom. The number of likely N-dealkylation sites (tertiary alicyclic amines) is 2. The van der Waals surface area contributed by atoms with Crippen LogP contribution in [0.1, 0.15) is 43.2 Å². The summed E-state index contributed by atoms with van der Waals surface area (Å²) < 4.78 is 0. The second-order valence-corrected chi connectivity index (χ2v) is 9.86. The molecule has 5 rings (SSSR count). The quantitative estimate of drug-likeness (QED) is 0.664. The van der Waals surface area contributed by atoms with E-state index in [1.165, 1.54) is 4.90 Å². The van der Waals surface area contributed by atoms with Crippen LogP contribution in [0.4, 0.5) is 5.69 Å². The average molecular weight is 482 g/mol. The minimum Gasteiger partial charge on any atom is -0.385 e. The Bertz CT molecular complexity index is 1090. The largest absolute Gasteiger partial charge is 0.385 e. The second-order valence-electron chi connectivity index (χ2n) is 9.43. The van der Waals surface area contributed by atoms with Crippen LogP contribution in [0.15, 0.2) is 48.5 Å². The first-order valence-electron chi connectivity index (χ1n) is 11.8. The zero-order chi connectivity index (χ0) is 23.9. The lowest BCUT2D eigenvalue weighted by atomic mass is 9.84. The Kier molecular flexibility index (Phi) is 6.18. The van der Waals surface area contributed by atoms with Gasteiger partial charge in [0.2, 0.25) is 17.7 Å². The van der Waals surface area contributed by atoms with E-state index in [-0.39, 0.29) is 30.7 Å². The van der Waals surface area contributed by atoms with E-state index in [4.69, 9.17) is 11.6 Å². The number of imide groups is 1. The number of amides is 3. The van der Waals surface area contributed by atoms with Crippen molar-refractivity contribution in [3.8, 4) is 0 Å². The maximum atomic E-state index is 13.1. The summed E-state index contributed by atoms with van der Waals surface area (Å²) in [7, 11) is 0. The molecule has 3 saturated heterocycles. The van der Waals surface area contributed by atoms with Crippen molar-refractivity contribution in [2.24, 2.45) is 0 Å². The summed E-state index contributed by atoms with van der Waals surface area (Å²) in [5.74, 6) is -0.224. The molecule has 0 radical (unpaired) electrons. The summed E-state index contributed by atoms with van der Waals surface area (Å²) >= 11 is 5.97. The molecule has 0 spiro atoms. The average Bonchev–Trinajstić information content (AvgIpc) is 3.38. The van der Waals surface area contributed by atoms with Crippen molar-refractivity contribution >= 4 is 35.0 Å². The monoisotopic (exact) mass is 481 g/mol. The number of benzene rings is 2. The van der Waals surface area contributed by atoms with Crippen molar-refractivity contribution in [3.63, 3.8) is 0 Å². The Labute approximate surface area is 203 Å². The first-order valence-corrected chi connectivity index (χ1v) is 12.2. The maximum Gasteiger partial charge on any atom is 0.247 e. The van der Waals surface area contributed by atoms with E-state index < -0.39 is 11.6 Å². The van der Waals surface area contributed by atoms with Gasteiger partial charge in [0.15, 0.2) is 0 Å². The van der Waals surface area contributed by atoms with Crippen molar-refractivity contribution in [1.82, 2.24) is 9.80 Å². The number of carbonyl (C=O) groups is 3. The first kappa shape index (κ1) is 23.0. The summed E-state index contributed by atoms with van der Waals surface area (Å²) in [6.07, 6.45) is 2.59. The number of hydrogen-bond acceptors (Lipinski definition) is 5. The molecule has 3 heterocycles. The van der Waals surface area contributed by atoms with Crippen LogP contribution in [0.5, 0.6) is 0 Å². The number of piperidine rings is 1. The molecule has 7 nitrogen and oxygen atoms in total. The van der Waals surface area contributed by atoms with Gasteiger partial charge >= 0.3 is 0 Å². The summed E-state index contributed by atoms with van der Waals surface area (Å²) in [6, 6.07) is 14.3. The van der Waals surface area contributed by atoms with Gasteiger partial charge in [0.25, 0.3) is 0 Å². The van der Waals surface area contributed by atoms with Crippen LogP contribution >= 0.6 is 11.6 Å². The van der Waals surface area contributed by atoms with Gasteiger partial charge in [-0.2, -0.15) is 0 Å². The van der Waals surface area contributed by atoms with Gasteiger partial charge in [0.05, 0.1) is 24.6 Å². The number of anilines is 1. The van der Waals surface area contributed by atoms with Gasteiger partial charge in [-0.1, -0.05) is 35.9 Å². The van der Waals surface area contributed by atoms with Gasteiger partial charge in [-0.15, -0.1) is 0 Å². The molecule has 0 saturated carbocycles. The number of rotatable bonds is 5. The van der Waals surface area contributed by atoms with Crippen LogP contribution in [0.3, 0.4) is 0 Å². The van der Waals surface area contributed by atoms with E-state index in [2.05, 4.69) is 0 Å². The molecule has 3 amide bonds. The Morgan fingerprint density at radius 2 is 1.59 bits per heavy atom. The second kappa shape index (κ2) is 9.13. The number of hydrogen-bond donors (Lipinski definition) is 1. The zero-order valence-corrected chi connectivity index (χ0v) is 19.7. The highest BCUT2D eigenvalue weighted by atomic mass is 35.5. The van der Waals surface area contributed by atoms with Gasteiger partial charge in [0, 0.05) is 36.8 Å². The number of carbonyl (C=O) groups excluding carboxylic acids is 3. The molecule has 178 valence electrons. The predicted molar refractivity (Wildman–Crippen MR) is 128 cm³/mol. The molecule has 2 aromatic rings. The van der Waals surface area contributed by atoms with Gasteiger partial charge < -0.3 is 10.0 Å². The normalized spacial score (nSPS) is 23.2. The molecular formula is C26H28ClN3O4. The third-order valence-electron chi connectivity index (χ3n) is 7.33. The molecule has 8 heteroatoms. The third kappa shape index (κ3) is 4.35. The van der Waals surface area contributed by atoms with E-state index in [0.29, 0.717) is 37.4 Å². The van der Waals surface area contributed by atoms with Gasteiger partial charge in [0.1, 0.15) is 0 Å². The lowest BCUT2D eigenvalue weighted by molar-refractivity contribution is -0.141. The predicted octanol–water partition coefficient (Wildman–Crippen LogP) is 3.08. The Balaban J connectivity index is 1.21. The molecule has 3 aliphatic rings. The third-order valence-corrected chi connectivity index (χ3v) is 7.58. The van der Waals surface area contributed by atoms with Crippen LogP contribution in [-0.4, -0.2) is 58.3 Å². The van der Waals surface area contributed by atoms with E-state index in [9.17, 15) is 19.5 Å². The highest BCUT2D eigenvalue weighted by Gasteiger charge is 2.44. The van der Waals surface area contributed by atoms with Crippen LogP contribution in [-0.2, 0) is 26.5 Å². The Morgan fingerprint density at radius 1 is 0.912 bits per heavy atom. The molecule has 1 atom stereocenters. The van der Waals surface area contributed by atoms with Crippen molar-refractivity contribution in [3.05, 3.63) is 64.7 Å². The molecule has 3 aliphatic heterocycles. The summed E-state index contributed by atoms with van der Waals surface area (Å²) in [5.41, 5.74) is 1.58. The summed E-state index contributed by atoms with van der Waals surface area (Å²) in [6.45, 7) is 2.03. The van der Waals surface area contributed by atoms with Crippen molar-refractivity contribution < 1.29 is 19.5 Å². The molecule has 2 aromatic carbocycles. The fraction of sp³-hybridized carbons (Fsp3) is 0.423. The minimum atomic E-state index is -0.953. The lowest BCUT2D eigenvalue weighted by Crippen LogP contribution is -2.49. The molecule has 0 bridgehead atoms. The standard InChI is InChI=1S/C26H28ClN3O4/c27-20-7-5-19(6-8-20)26(34)11-14-28(15-12-26)22-16-24(32)30(25(22)33)17-18-3-9-21(10-4-18)29-13-1-2-23(29)31/h3-10,22,34H,1-2,11-17H2/t22-/m1/s1. The van der Waals surface area contributed by atoms with E-state index in [1.54, 1.807) is 17.0 Å². The van der Waals surface area contributed by atoms with Crippen molar-refractivity contribution in [2.75, 3.05) is 24.5 Å². The molecule has 0 aromatic heterocycles. The van der Waals surface area contributed by atoms with E-state index in [0.717, 1.165) is 29.8 Å². The zero-order valence-electron chi connectivity index (χ0n) is 19.0. The van der Waals surface area contributed by atoms with Crippen molar-refractivity contribution in [2.45, 2.75) is 50.3 Å². The molecule has 3 fully saturated rings. The summed E-state index contributed by atoms with van der Waals surface area (Å²) in [4.78, 5) is 42.9. The van der Waals surface area contributed by atoms with Crippen LogP contribution in [0.25, 0.3) is 0 Å². The van der Waals surface area contributed by atoms with Crippen molar-refractivity contribution in [1.29, 1.82) is 0 Å². The van der Waals surface area contributed by atoms with Crippen LogP contribution < -0.4 is 4.90 Å². The maximum absolute atomic E-state index is 13.1. The van der Waals surface area contributed by atoms with E-state index in [1.807, 2.05) is 41.3 Å². The number of nitrogens with zero attached hydrogens (tertiary/aromatic N) is 3. The van der Waals surface area contributed by atoms with Crippen LogP contribution in [0.2, 0.25) is 5.02 Å². The minimum absolute atomic E-state index is 0.130. The molecule has 34 heavy (non-hydrogen) atoms. The smallest absolute Gasteiger partial charge is 0.247 e. The van der Waals surface area contributed by atoms with E-state index >= 15 is 0 Å². The fourth-order valence-electron chi connectivity index (χ4n) is 5.26. The topological polar surface area (TPSA) is 81.2 Å². The van der Waals surface area contributed by atoms with Crippen LogP contribution in [0, 0.1) is 0 Å². The lowest BCUT2D eigenvalue weighted by Gasteiger charge is -2.40. The highest BCUT2D eigenvalue weighted by Crippen LogP contribution is 2.35. The number of halogens is 1. The summed E-state index contributed by atoms with van der Waals surface area (Å²) in [5, 5.41) is 11.7. The molecular weight excluding hydrogens is 454 g/mol. The molecule has 0 aliphatic carbocycles. The fourth-order valence-corrected chi connectivity index (χ4v) is 5.38. The SMILES string of the molecule is O=C1C[C@@H](N2CCC(O)(c3ccc(Cl)cc3)CC2)C(=O)N1Cc1ccc(N2CCCC2=O)cc1. The number of aliphatic hydroxyl groups is 1. The molecule has 0 unspecified atom stereocenters. The Hall–Kier alpha value is -2.74. The first-order chi connectivity index (χ1) is 16.3. The van der Waals surface area contributed by atoms with Gasteiger partial charge in [-0.3, -0.25) is 24.2 Å². The highest BCUT2D eigenvalue weighted by molar-refractivity contribution is 6.30. The molecule has 1 N–H and O–H groups in total. The van der Waals surface area contributed by atoms with Gasteiger partial charge in [-0.05, 0) is 54.7 Å².